The Morgan fingerprint density at radius 1 is 1.00 bits per heavy atom. The molecule has 4 heteroatoms. The van der Waals surface area contributed by atoms with Crippen molar-refractivity contribution in [3.05, 3.63) is 0 Å². The van der Waals surface area contributed by atoms with E-state index in [1.807, 2.05) is 12.5 Å². The minimum atomic E-state index is 1.36. The molecule has 0 aromatic rings. The second-order valence-electron chi connectivity index (χ2n) is 0.528. The predicted molar refractivity (Wildman–Crippen MR) is 31.9 cm³/mol. The van der Waals surface area contributed by atoms with Gasteiger partial charge in [0.25, 0.3) is 0 Å². The van der Waals surface area contributed by atoms with Crippen molar-refractivity contribution >= 4 is 23.9 Å². The van der Waals surface area contributed by atoms with Crippen molar-refractivity contribution in [3.63, 3.8) is 0 Å². The molecule has 0 amide bonds. The molecule has 0 radical (unpaired) electrons. The van der Waals surface area contributed by atoms with Gasteiger partial charge in [-0.05, 0) is 23.9 Å². The van der Waals surface area contributed by atoms with Crippen LogP contribution in [0.3, 0.4) is 0 Å². The molecule has 0 aliphatic heterocycles. The van der Waals surface area contributed by atoms with E-state index in [2.05, 4.69) is 9.04 Å². The standard InChI is InChI=1S/C2H6N2S2/c1-5-3-4-6-2/h1-2H3/b4-3-. The minimum absolute atomic E-state index is 1.36. The van der Waals surface area contributed by atoms with Crippen LogP contribution in [0, 0.1) is 0 Å². The Labute approximate surface area is 46.1 Å². The van der Waals surface area contributed by atoms with Crippen LogP contribution in [0.4, 0.5) is 0 Å². The highest BCUT2D eigenvalue weighted by Gasteiger charge is 1.61. The fourth-order valence-electron chi connectivity index (χ4n) is 0.0667. The van der Waals surface area contributed by atoms with Crippen LogP contribution >= 0.6 is 23.9 Å². The first-order chi connectivity index (χ1) is 2.91. The van der Waals surface area contributed by atoms with Crippen molar-refractivity contribution in [1.29, 1.82) is 0 Å². The molecule has 0 aromatic heterocycles. The van der Waals surface area contributed by atoms with Crippen LogP contribution in [0.1, 0.15) is 0 Å². The molecule has 0 atom stereocenters. The molecular formula is C2H6N2S2. The average Bonchev–Trinajstić information content (AvgIpc) is 1.61. The zero-order valence-corrected chi connectivity index (χ0v) is 5.34. The third-order valence-electron chi connectivity index (χ3n) is 0.197. The van der Waals surface area contributed by atoms with Crippen LogP contribution in [0.15, 0.2) is 9.04 Å². The molecule has 0 saturated carbocycles. The molecule has 6 heavy (non-hydrogen) atoms. The summed E-state index contributed by atoms with van der Waals surface area (Å²) in [6.45, 7) is 0. The molecule has 0 heterocycles. The molecule has 0 bridgehead atoms. The lowest BCUT2D eigenvalue weighted by molar-refractivity contribution is 1.53. The monoisotopic (exact) mass is 122 g/mol. The van der Waals surface area contributed by atoms with Crippen molar-refractivity contribution in [2.75, 3.05) is 12.5 Å². The van der Waals surface area contributed by atoms with Crippen molar-refractivity contribution in [2.45, 2.75) is 0 Å². The van der Waals surface area contributed by atoms with Crippen LogP contribution in [0.25, 0.3) is 0 Å². The predicted octanol–water partition coefficient (Wildman–Crippen LogP) is 1.99. The second-order valence-corrected chi connectivity index (χ2v) is 1.59. The van der Waals surface area contributed by atoms with Crippen molar-refractivity contribution in [1.82, 2.24) is 0 Å². The number of hydrogen-bond donors (Lipinski definition) is 0. The first-order valence-electron chi connectivity index (χ1n) is 1.38. The van der Waals surface area contributed by atoms with E-state index in [0.717, 1.165) is 0 Å². The summed E-state index contributed by atoms with van der Waals surface area (Å²) >= 11 is 2.73. The van der Waals surface area contributed by atoms with Crippen LogP contribution in [0.5, 0.6) is 0 Å². The van der Waals surface area contributed by atoms with Gasteiger partial charge in [0, 0.05) is 12.5 Å². The molecule has 0 unspecified atom stereocenters. The van der Waals surface area contributed by atoms with Gasteiger partial charge in [-0.1, -0.05) is 0 Å². The maximum Gasteiger partial charge on any atom is 0.00555 e. The molecule has 0 aliphatic carbocycles. The minimum Gasteiger partial charge on any atom is -0.109 e. The van der Waals surface area contributed by atoms with Crippen molar-refractivity contribution < 1.29 is 0 Å². The Balaban J connectivity index is 2.73. The van der Waals surface area contributed by atoms with Gasteiger partial charge < -0.3 is 0 Å². The van der Waals surface area contributed by atoms with Gasteiger partial charge in [0.1, 0.15) is 0 Å². The zero-order chi connectivity index (χ0) is 4.83. The van der Waals surface area contributed by atoms with Gasteiger partial charge in [-0.25, -0.2) is 0 Å². The van der Waals surface area contributed by atoms with Crippen molar-refractivity contribution in [2.24, 2.45) is 9.04 Å². The van der Waals surface area contributed by atoms with Gasteiger partial charge in [-0.3, -0.25) is 0 Å². The van der Waals surface area contributed by atoms with Gasteiger partial charge >= 0.3 is 0 Å². The van der Waals surface area contributed by atoms with Crippen LogP contribution in [-0.2, 0) is 0 Å². The Hall–Kier alpha value is 0.300. The van der Waals surface area contributed by atoms with Crippen LogP contribution < -0.4 is 0 Å². The SMILES string of the molecule is CS/N=N\SC. The van der Waals surface area contributed by atoms with E-state index in [-0.39, 0.29) is 0 Å². The molecule has 0 aromatic carbocycles. The molecule has 0 spiro atoms. The normalized spacial score (nSPS) is 10.3. The highest BCUT2D eigenvalue weighted by atomic mass is 32.2. The Bertz CT molecular complexity index is 38.8. The fourth-order valence-corrected chi connectivity index (χ4v) is 0.600. The lowest BCUT2D eigenvalue weighted by Gasteiger charge is -1.71. The lowest BCUT2D eigenvalue weighted by Crippen LogP contribution is -1.38. The van der Waals surface area contributed by atoms with E-state index < -0.39 is 0 Å². The summed E-state index contributed by atoms with van der Waals surface area (Å²) in [5.41, 5.74) is 0. The number of rotatable bonds is 2. The van der Waals surface area contributed by atoms with Crippen molar-refractivity contribution in [3.8, 4) is 0 Å². The molecule has 36 valence electrons. The zero-order valence-electron chi connectivity index (χ0n) is 3.71. The summed E-state index contributed by atoms with van der Waals surface area (Å²) < 4.78 is 7.19. The average molecular weight is 122 g/mol. The Kier molecular flexibility index (Phi) is 5.57. The Morgan fingerprint density at radius 3 is 1.50 bits per heavy atom. The number of hydrogen-bond acceptors (Lipinski definition) is 4. The van der Waals surface area contributed by atoms with Gasteiger partial charge in [-0.2, -0.15) is 0 Å². The smallest absolute Gasteiger partial charge is 0.00555 e. The van der Waals surface area contributed by atoms with Crippen LogP contribution in [0.2, 0.25) is 0 Å². The molecule has 0 aliphatic rings. The maximum absolute atomic E-state index is 3.59. The largest absolute Gasteiger partial charge is 0.109 e. The quantitative estimate of drug-likeness (QED) is 0.413. The number of nitrogens with zero attached hydrogens (tertiary/aromatic N) is 2. The van der Waals surface area contributed by atoms with E-state index in [0.29, 0.717) is 0 Å². The molecule has 0 N–H and O–H groups in total. The molecule has 0 rings (SSSR count). The fraction of sp³-hybridized carbons (Fsp3) is 1.00. The van der Waals surface area contributed by atoms with Gasteiger partial charge in [0.2, 0.25) is 0 Å². The third kappa shape index (κ3) is 4.30. The van der Waals surface area contributed by atoms with E-state index in [1.54, 1.807) is 0 Å². The summed E-state index contributed by atoms with van der Waals surface area (Å²) in [6.07, 6.45) is 3.75. The molecular weight excluding hydrogens is 116 g/mol. The van der Waals surface area contributed by atoms with Gasteiger partial charge in [0.05, 0.1) is 0 Å². The first-order valence-corrected chi connectivity index (χ1v) is 3.74. The highest BCUT2D eigenvalue weighted by Crippen LogP contribution is 2.00. The summed E-state index contributed by atoms with van der Waals surface area (Å²) in [5, 5.41) is 0. The maximum atomic E-state index is 3.59. The van der Waals surface area contributed by atoms with E-state index >= 15 is 0 Å². The van der Waals surface area contributed by atoms with Crippen LogP contribution in [-0.4, -0.2) is 12.5 Å². The highest BCUT2D eigenvalue weighted by molar-refractivity contribution is 7.99. The first kappa shape index (κ1) is 6.30. The Morgan fingerprint density at radius 2 is 1.33 bits per heavy atom. The summed E-state index contributed by atoms with van der Waals surface area (Å²) in [7, 11) is 0. The van der Waals surface area contributed by atoms with Gasteiger partial charge in [-0.15, -0.1) is 9.04 Å². The summed E-state index contributed by atoms with van der Waals surface area (Å²) in [4.78, 5) is 0. The summed E-state index contributed by atoms with van der Waals surface area (Å²) in [5.74, 6) is 0. The molecule has 2 nitrogen and oxygen atoms in total. The van der Waals surface area contributed by atoms with E-state index in [4.69, 9.17) is 0 Å². The van der Waals surface area contributed by atoms with E-state index in [1.165, 1.54) is 23.9 Å². The lowest BCUT2D eigenvalue weighted by atomic mass is 12.0. The topological polar surface area (TPSA) is 24.7 Å². The summed E-state index contributed by atoms with van der Waals surface area (Å²) in [6, 6.07) is 0. The molecule has 0 fully saturated rings. The van der Waals surface area contributed by atoms with E-state index in [9.17, 15) is 0 Å². The third-order valence-corrected chi connectivity index (χ3v) is 0.790. The molecule has 0 saturated heterocycles. The van der Waals surface area contributed by atoms with Gasteiger partial charge in [0.15, 0.2) is 0 Å². The second kappa shape index (κ2) is 5.30.